The van der Waals surface area contributed by atoms with Crippen molar-refractivity contribution in [2.75, 3.05) is 13.2 Å². The van der Waals surface area contributed by atoms with Crippen LogP contribution in [0.5, 0.6) is 11.5 Å². The van der Waals surface area contributed by atoms with Gasteiger partial charge in [0.15, 0.2) is 0 Å². The van der Waals surface area contributed by atoms with E-state index < -0.39 is 0 Å². The summed E-state index contributed by atoms with van der Waals surface area (Å²) in [4.78, 5) is 9.35. The van der Waals surface area contributed by atoms with Gasteiger partial charge in [-0.15, -0.1) is 0 Å². The molecule has 0 aliphatic heterocycles. The van der Waals surface area contributed by atoms with E-state index in [1.807, 2.05) is 24.5 Å². The first-order chi connectivity index (χ1) is 24.7. The monoisotopic (exact) mass is 660 g/mol. The third kappa shape index (κ3) is 9.06. The van der Waals surface area contributed by atoms with Crippen molar-refractivity contribution in [1.82, 2.24) is 9.97 Å². The van der Waals surface area contributed by atoms with Gasteiger partial charge in [0, 0.05) is 23.2 Å². The molecule has 2 heterocycles. The topological polar surface area (TPSA) is 44.2 Å². The number of hydrogen-bond donors (Lipinski definition) is 0. The molecule has 2 aromatic heterocycles. The van der Waals surface area contributed by atoms with Crippen molar-refractivity contribution < 1.29 is 9.47 Å². The van der Waals surface area contributed by atoms with Crippen molar-refractivity contribution >= 4 is 45.8 Å². The van der Waals surface area contributed by atoms with Crippen molar-refractivity contribution in [3.63, 3.8) is 0 Å². The molecular formula is C46H48N2O2. The molecule has 0 unspecified atom stereocenters. The molecule has 0 N–H and O–H groups in total. The van der Waals surface area contributed by atoms with Gasteiger partial charge < -0.3 is 9.47 Å². The third-order valence-electron chi connectivity index (χ3n) is 9.09. The highest BCUT2D eigenvalue weighted by atomic mass is 16.5. The normalized spacial score (nSPS) is 11.6. The van der Waals surface area contributed by atoms with Crippen LogP contribution in [0.1, 0.15) is 87.5 Å². The van der Waals surface area contributed by atoms with Crippen molar-refractivity contribution in [3.8, 4) is 22.9 Å². The highest BCUT2D eigenvalue weighted by Crippen LogP contribution is 2.32. The number of rotatable bonds is 17. The summed E-state index contributed by atoms with van der Waals surface area (Å²) in [5.41, 5.74) is 6.12. The second kappa shape index (κ2) is 18.0. The molecule has 4 nitrogen and oxygen atoms in total. The maximum absolute atomic E-state index is 6.20. The number of benzene rings is 4. The molecule has 6 aromatic rings. The molecule has 50 heavy (non-hydrogen) atoms. The van der Waals surface area contributed by atoms with Gasteiger partial charge in [-0.1, -0.05) is 137 Å². The van der Waals surface area contributed by atoms with E-state index in [2.05, 4.69) is 133 Å². The molecule has 0 radical (unpaired) electrons. The molecule has 6 rings (SSSR count). The summed E-state index contributed by atoms with van der Waals surface area (Å²) in [7, 11) is 0. The fraction of sp³-hybridized carbons (Fsp3) is 0.261. The van der Waals surface area contributed by atoms with Crippen LogP contribution >= 0.6 is 0 Å². The van der Waals surface area contributed by atoms with E-state index >= 15 is 0 Å². The molecule has 254 valence electrons. The van der Waals surface area contributed by atoms with E-state index in [0.29, 0.717) is 0 Å². The molecule has 0 aliphatic rings. The van der Waals surface area contributed by atoms with Crippen molar-refractivity contribution in [2.24, 2.45) is 0 Å². The Kier molecular flexibility index (Phi) is 12.4. The number of ether oxygens (including phenoxy) is 2. The van der Waals surface area contributed by atoms with Crippen LogP contribution < -0.4 is 9.47 Å². The number of fused-ring (bicyclic) bond motifs is 2. The summed E-state index contributed by atoms with van der Waals surface area (Å²) in [5.74, 6) is 1.90. The Labute approximate surface area is 297 Å². The van der Waals surface area contributed by atoms with Crippen LogP contribution in [0.4, 0.5) is 0 Å². The molecule has 0 bridgehead atoms. The van der Waals surface area contributed by atoms with Crippen LogP contribution in [-0.2, 0) is 0 Å². The third-order valence-corrected chi connectivity index (χ3v) is 9.09. The molecule has 0 spiro atoms. The molecule has 0 aliphatic carbocycles. The minimum Gasteiger partial charge on any atom is -0.493 e. The van der Waals surface area contributed by atoms with Gasteiger partial charge in [-0.2, -0.15) is 0 Å². The molecule has 0 fully saturated rings. The summed E-state index contributed by atoms with van der Waals surface area (Å²) < 4.78 is 12.4. The predicted octanol–water partition coefficient (Wildman–Crippen LogP) is 12.7. The van der Waals surface area contributed by atoms with Gasteiger partial charge in [0.1, 0.15) is 11.5 Å². The molecule has 0 saturated heterocycles. The first kappa shape index (κ1) is 34.6. The van der Waals surface area contributed by atoms with Crippen molar-refractivity contribution in [2.45, 2.75) is 65.2 Å². The summed E-state index contributed by atoms with van der Waals surface area (Å²) in [6, 6.07) is 33.7. The standard InChI is InChI=1S/C46H48N2O2/c1-3-5-7-13-31-49-45-25-23-37(39-15-9-11-17-41(39)45)21-19-35-27-29-47-43(33-35)44-34-36(28-30-48-44)20-22-38-24-26-46(50-32-14-8-6-4-2)42-18-12-10-16-40(38)42/h9-12,15-30,33-34H,3-8,13-14,31-32H2,1-2H3. The van der Waals surface area contributed by atoms with E-state index in [0.717, 1.165) is 82.0 Å². The molecule has 4 aromatic carbocycles. The summed E-state index contributed by atoms with van der Waals surface area (Å²) in [6.07, 6.45) is 21.9. The van der Waals surface area contributed by atoms with E-state index in [-0.39, 0.29) is 0 Å². The Bertz CT molecular complexity index is 1910. The van der Waals surface area contributed by atoms with E-state index in [1.165, 1.54) is 49.3 Å². The highest BCUT2D eigenvalue weighted by Gasteiger charge is 2.08. The van der Waals surface area contributed by atoms with E-state index in [4.69, 9.17) is 9.47 Å². The predicted molar refractivity (Wildman–Crippen MR) is 212 cm³/mol. The Morgan fingerprint density at radius 3 is 1.34 bits per heavy atom. The van der Waals surface area contributed by atoms with Crippen LogP contribution in [-0.4, -0.2) is 23.2 Å². The summed E-state index contributed by atoms with van der Waals surface area (Å²) in [6.45, 7) is 5.97. The first-order valence-electron chi connectivity index (χ1n) is 18.3. The highest BCUT2D eigenvalue weighted by molar-refractivity contribution is 5.97. The lowest BCUT2D eigenvalue weighted by Crippen LogP contribution is -1.98. The van der Waals surface area contributed by atoms with Crippen LogP contribution in [0.15, 0.2) is 109 Å². The minimum absolute atomic E-state index is 0.753. The fourth-order valence-electron chi connectivity index (χ4n) is 6.31. The van der Waals surface area contributed by atoms with Gasteiger partial charge in [-0.05, 0) is 82.3 Å². The number of aromatic nitrogens is 2. The zero-order valence-electron chi connectivity index (χ0n) is 29.5. The van der Waals surface area contributed by atoms with Crippen LogP contribution in [0.25, 0.3) is 57.2 Å². The molecule has 4 heteroatoms. The number of hydrogen-bond acceptors (Lipinski definition) is 4. The Balaban J connectivity index is 1.16. The quantitative estimate of drug-likeness (QED) is 0.0913. The maximum Gasteiger partial charge on any atom is 0.127 e. The van der Waals surface area contributed by atoms with Gasteiger partial charge in [-0.3, -0.25) is 9.97 Å². The lowest BCUT2D eigenvalue weighted by atomic mass is 10.0. The van der Waals surface area contributed by atoms with Crippen molar-refractivity contribution in [1.29, 1.82) is 0 Å². The smallest absolute Gasteiger partial charge is 0.127 e. The number of unbranched alkanes of at least 4 members (excludes halogenated alkanes) is 6. The number of nitrogens with zero attached hydrogens (tertiary/aromatic N) is 2. The van der Waals surface area contributed by atoms with E-state index in [9.17, 15) is 0 Å². The van der Waals surface area contributed by atoms with Gasteiger partial charge in [0.05, 0.1) is 24.6 Å². The minimum atomic E-state index is 0.753. The lowest BCUT2D eigenvalue weighted by molar-refractivity contribution is 0.308. The molecule has 0 amide bonds. The van der Waals surface area contributed by atoms with E-state index in [1.54, 1.807) is 0 Å². The zero-order chi connectivity index (χ0) is 34.4. The maximum atomic E-state index is 6.20. The lowest BCUT2D eigenvalue weighted by Gasteiger charge is -2.11. The Hall–Kier alpha value is -5.22. The Morgan fingerprint density at radius 1 is 0.460 bits per heavy atom. The molecular weight excluding hydrogens is 613 g/mol. The van der Waals surface area contributed by atoms with Crippen LogP contribution in [0.3, 0.4) is 0 Å². The summed E-state index contributed by atoms with van der Waals surface area (Å²) >= 11 is 0. The average molecular weight is 661 g/mol. The second-order valence-electron chi connectivity index (χ2n) is 12.8. The van der Waals surface area contributed by atoms with Crippen molar-refractivity contribution in [3.05, 3.63) is 132 Å². The molecule has 0 atom stereocenters. The largest absolute Gasteiger partial charge is 0.493 e. The van der Waals surface area contributed by atoms with Gasteiger partial charge in [-0.25, -0.2) is 0 Å². The first-order valence-corrected chi connectivity index (χ1v) is 18.3. The van der Waals surface area contributed by atoms with Gasteiger partial charge >= 0.3 is 0 Å². The summed E-state index contributed by atoms with van der Waals surface area (Å²) in [5, 5.41) is 4.65. The Morgan fingerprint density at radius 2 is 0.900 bits per heavy atom. The zero-order valence-corrected chi connectivity index (χ0v) is 29.5. The fourth-order valence-corrected chi connectivity index (χ4v) is 6.31. The SMILES string of the molecule is CCCCCCOc1ccc(C=Cc2ccnc(-c3cc(C=Cc4ccc(OCCCCCC)c5ccccc45)ccn3)c2)c2ccccc12. The second-order valence-corrected chi connectivity index (χ2v) is 12.8. The number of pyridine rings is 2. The molecule has 0 saturated carbocycles. The van der Waals surface area contributed by atoms with Crippen LogP contribution in [0.2, 0.25) is 0 Å². The van der Waals surface area contributed by atoms with Gasteiger partial charge in [0.2, 0.25) is 0 Å². The average Bonchev–Trinajstić information content (AvgIpc) is 3.17. The van der Waals surface area contributed by atoms with Crippen LogP contribution in [0, 0.1) is 0 Å². The van der Waals surface area contributed by atoms with Gasteiger partial charge in [0.25, 0.3) is 0 Å².